The zero-order chi connectivity index (χ0) is 7.84. The molecule has 2 aromatic heterocycles. The number of fused-ring (bicyclic) bond motifs is 1. The normalized spacial score (nSPS) is 10.5. The molecule has 0 aliphatic carbocycles. The lowest BCUT2D eigenvalue weighted by Gasteiger charge is -1.89. The molecular weight excluding hydrogens is 178 g/mol. The van der Waals surface area contributed by atoms with Gasteiger partial charge in [-0.25, -0.2) is 0 Å². The van der Waals surface area contributed by atoms with Gasteiger partial charge in [0.15, 0.2) is 4.77 Å². The predicted octanol–water partition coefficient (Wildman–Crippen LogP) is 2.28. The van der Waals surface area contributed by atoms with Crippen molar-refractivity contribution in [3.05, 3.63) is 21.7 Å². The van der Waals surface area contributed by atoms with Crippen LogP contribution in [-0.4, -0.2) is 15.0 Å². The van der Waals surface area contributed by atoms with Crippen LogP contribution in [0.2, 0.25) is 0 Å². The Morgan fingerprint density at radius 1 is 1.18 bits per heavy atom. The summed E-state index contributed by atoms with van der Waals surface area (Å²) in [7, 11) is 0. The van der Waals surface area contributed by atoms with Gasteiger partial charge in [-0.15, -0.1) is 0 Å². The summed E-state index contributed by atoms with van der Waals surface area (Å²) < 4.78 is 1.20. The van der Waals surface area contributed by atoms with Crippen molar-refractivity contribution in [1.29, 1.82) is 0 Å². The molecule has 11 heavy (non-hydrogen) atoms. The van der Waals surface area contributed by atoms with Crippen LogP contribution >= 0.6 is 24.4 Å². The smallest absolute Gasteiger partial charge is 0.176 e. The topological polar surface area (TPSA) is 47.4 Å². The molecule has 0 unspecified atom stereocenters. The minimum Gasteiger partial charge on any atom is -0.358 e. The van der Waals surface area contributed by atoms with Gasteiger partial charge in [0.05, 0.1) is 11.0 Å². The Labute approximate surface area is 72.5 Å². The van der Waals surface area contributed by atoms with Crippen molar-refractivity contribution < 1.29 is 0 Å². The monoisotopic (exact) mass is 183 g/mol. The second-order valence-corrected chi connectivity index (χ2v) is 2.99. The SMILES string of the molecule is S=c1[nH]c(=S)c2[nH]ccc2[nH]1. The largest absolute Gasteiger partial charge is 0.358 e. The van der Waals surface area contributed by atoms with Crippen LogP contribution in [0.1, 0.15) is 0 Å². The zero-order valence-corrected chi connectivity index (χ0v) is 7.10. The molecule has 0 saturated carbocycles. The molecule has 2 aromatic rings. The third-order valence-corrected chi connectivity index (χ3v) is 1.96. The third-order valence-electron chi connectivity index (χ3n) is 1.45. The summed E-state index contributed by atoms with van der Waals surface area (Å²) in [6, 6.07) is 1.90. The Balaban J connectivity index is 3.15. The van der Waals surface area contributed by atoms with Crippen molar-refractivity contribution in [2.45, 2.75) is 0 Å². The lowest BCUT2D eigenvalue weighted by Crippen LogP contribution is -1.82. The highest BCUT2D eigenvalue weighted by Crippen LogP contribution is 2.07. The molecule has 5 heteroatoms. The quantitative estimate of drug-likeness (QED) is 0.549. The number of aromatic nitrogens is 3. The Bertz CT molecular complexity index is 490. The highest BCUT2D eigenvalue weighted by molar-refractivity contribution is 7.72. The Morgan fingerprint density at radius 3 is 2.82 bits per heavy atom. The van der Waals surface area contributed by atoms with E-state index in [0.29, 0.717) is 9.41 Å². The number of aromatic amines is 3. The third kappa shape index (κ3) is 1.02. The fraction of sp³-hybridized carbons (Fsp3) is 0. The summed E-state index contributed by atoms with van der Waals surface area (Å²) in [4.78, 5) is 8.82. The van der Waals surface area contributed by atoms with Gasteiger partial charge >= 0.3 is 0 Å². The first kappa shape index (κ1) is 6.75. The van der Waals surface area contributed by atoms with Gasteiger partial charge in [-0.3, -0.25) is 0 Å². The summed E-state index contributed by atoms with van der Waals surface area (Å²) in [5.41, 5.74) is 1.84. The molecule has 3 N–H and O–H groups in total. The number of H-pyrrole nitrogens is 3. The van der Waals surface area contributed by atoms with Crippen molar-refractivity contribution in [2.24, 2.45) is 0 Å². The van der Waals surface area contributed by atoms with Crippen molar-refractivity contribution in [3.63, 3.8) is 0 Å². The van der Waals surface area contributed by atoms with Gasteiger partial charge in [0, 0.05) is 6.20 Å². The zero-order valence-electron chi connectivity index (χ0n) is 5.47. The first-order valence-corrected chi connectivity index (χ1v) is 3.89. The van der Waals surface area contributed by atoms with Gasteiger partial charge in [-0.1, -0.05) is 12.2 Å². The highest BCUT2D eigenvalue weighted by atomic mass is 32.1. The molecule has 56 valence electrons. The van der Waals surface area contributed by atoms with E-state index in [4.69, 9.17) is 24.4 Å². The summed E-state index contributed by atoms with van der Waals surface area (Å²) in [6.45, 7) is 0. The van der Waals surface area contributed by atoms with E-state index >= 15 is 0 Å². The van der Waals surface area contributed by atoms with Gasteiger partial charge in [-0.05, 0) is 18.3 Å². The van der Waals surface area contributed by atoms with Crippen LogP contribution in [0.3, 0.4) is 0 Å². The predicted molar refractivity (Wildman–Crippen MR) is 48.7 cm³/mol. The van der Waals surface area contributed by atoms with Crippen molar-refractivity contribution in [1.82, 2.24) is 15.0 Å². The molecule has 0 fully saturated rings. The van der Waals surface area contributed by atoms with E-state index in [0.717, 1.165) is 11.0 Å². The van der Waals surface area contributed by atoms with E-state index in [9.17, 15) is 0 Å². The summed E-state index contributed by atoms with van der Waals surface area (Å²) >= 11 is 9.92. The second-order valence-electron chi connectivity index (χ2n) is 2.17. The van der Waals surface area contributed by atoms with E-state index in [1.807, 2.05) is 12.3 Å². The molecule has 0 atom stereocenters. The van der Waals surface area contributed by atoms with Gasteiger partial charge in [-0.2, -0.15) is 0 Å². The highest BCUT2D eigenvalue weighted by Gasteiger charge is 1.94. The van der Waals surface area contributed by atoms with Crippen LogP contribution in [-0.2, 0) is 0 Å². The molecule has 0 amide bonds. The van der Waals surface area contributed by atoms with Gasteiger partial charge < -0.3 is 15.0 Å². The molecule has 2 rings (SSSR count). The maximum Gasteiger partial charge on any atom is 0.176 e. The van der Waals surface area contributed by atoms with Gasteiger partial charge in [0.25, 0.3) is 0 Å². The fourth-order valence-corrected chi connectivity index (χ4v) is 1.53. The van der Waals surface area contributed by atoms with E-state index in [1.54, 1.807) is 0 Å². The lowest BCUT2D eigenvalue weighted by molar-refractivity contribution is 1.16. The first-order valence-electron chi connectivity index (χ1n) is 3.07. The standard InChI is InChI=1S/C6H5N3S2/c10-5-4-3(1-2-7-4)8-6(11)9-5/h1-2,7H,(H2,8,9,10,11). The molecule has 0 aromatic carbocycles. The average molecular weight is 183 g/mol. The van der Waals surface area contributed by atoms with Crippen LogP contribution in [0.4, 0.5) is 0 Å². The van der Waals surface area contributed by atoms with E-state index < -0.39 is 0 Å². The molecular formula is C6H5N3S2. The van der Waals surface area contributed by atoms with Crippen LogP contribution in [0.25, 0.3) is 11.0 Å². The Kier molecular flexibility index (Phi) is 1.40. The number of rotatable bonds is 0. The molecule has 3 nitrogen and oxygen atoms in total. The molecule has 0 spiro atoms. The Hall–Kier alpha value is -0.940. The maximum atomic E-state index is 5.02. The number of nitrogens with one attached hydrogen (secondary N) is 3. The van der Waals surface area contributed by atoms with Crippen molar-refractivity contribution in [3.8, 4) is 0 Å². The van der Waals surface area contributed by atoms with Crippen LogP contribution in [0, 0.1) is 9.41 Å². The van der Waals surface area contributed by atoms with Crippen LogP contribution in [0.5, 0.6) is 0 Å². The minimum atomic E-state index is 0.558. The maximum absolute atomic E-state index is 5.02. The first-order chi connectivity index (χ1) is 5.27. The molecule has 0 bridgehead atoms. The van der Waals surface area contributed by atoms with E-state index in [-0.39, 0.29) is 0 Å². The van der Waals surface area contributed by atoms with Gasteiger partial charge in [0.2, 0.25) is 0 Å². The van der Waals surface area contributed by atoms with Crippen LogP contribution < -0.4 is 0 Å². The summed E-state index contributed by atoms with van der Waals surface area (Å²) in [6.07, 6.45) is 1.82. The summed E-state index contributed by atoms with van der Waals surface area (Å²) in [5.74, 6) is 0. The fourth-order valence-electron chi connectivity index (χ4n) is 0.981. The summed E-state index contributed by atoms with van der Waals surface area (Å²) in [5, 5.41) is 0. The van der Waals surface area contributed by atoms with Crippen LogP contribution in [0.15, 0.2) is 12.3 Å². The lowest BCUT2D eigenvalue weighted by atomic mass is 10.5. The Morgan fingerprint density at radius 2 is 2.00 bits per heavy atom. The number of hydrogen-bond donors (Lipinski definition) is 3. The second kappa shape index (κ2) is 2.28. The molecule has 0 saturated heterocycles. The number of hydrogen-bond acceptors (Lipinski definition) is 2. The molecule has 0 aliphatic heterocycles. The van der Waals surface area contributed by atoms with E-state index in [1.165, 1.54) is 0 Å². The average Bonchev–Trinajstić information content (AvgIpc) is 2.34. The molecule has 0 aliphatic rings. The minimum absolute atomic E-state index is 0.558. The van der Waals surface area contributed by atoms with E-state index in [2.05, 4.69) is 15.0 Å². The molecule has 2 heterocycles. The van der Waals surface area contributed by atoms with Gasteiger partial charge in [0.1, 0.15) is 4.64 Å². The molecule has 0 radical (unpaired) electrons. The van der Waals surface area contributed by atoms with Crippen molar-refractivity contribution in [2.75, 3.05) is 0 Å². The van der Waals surface area contributed by atoms with Crippen molar-refractivity contribution >= 4 is 35.5 Å².